The van der Waals surface area contributed by atoms with Crippen molar-refractivity contribution < 1.29 is 18.7 Å². The molecule has 3 N–H and O–H groups in total. The van der Waals surface area contributed by atoms with Gasteiger partial charge in [0.05, 0.1) is 13.1 Å². The maximum absolute atomic E-state index is 12.4. The van der Waals surface area contributed by atoms with Crippen LogP contribution in [0.25, 0.3) is 0 Å². The number of aliphatic hydroxyl groups excluding tert-OH is 1. The first kappa shape index (κ1) is 13.2. The number of nitrogens with one attached hydrogen (secondary N) is 2. The first-order chi connectivity index (χ1) is 6.37. The quantitative estimate of drug-likeness (QED) is 0.565. The molecule has 4 nitrogen and oxygen atoms in total. The number of hydrogen-bond acceptors (Lipinski definition) is 3. The van der Waals surface area contributed by atoms with Crippen LogP contribution in [0.2, 0.25) is 0 Å². The molecular formula is C8H16F2N2O2. The molecule has 0 aromatic rings. The summed E-state index contributed by atoms with van der Waals surface area (Å²) in [6.07, 6.45) is 0. The Balaban J connectivity index is 3.59. The monoisotopic (exact) mass is 210 g/mol. The fraction of sp³-hybridized carbons (Fsp3) is 0.875. The smallest absolute Gasteiger partial charge is 0.282 e. The highest BCUT2D eigenvalue weighted by molar-refractivity contribution is 5.78. The Labute approximate surface area is 81.7 Å². The topological polar surface area (TPSA) is 61.4 Å². The molecule has 0 fully saturated rings. The van der Waals surface area contributed by atoms with E-state index in [1.54, 1.807) is 13.8 Å². The van der Waals surface area contributed by atoms with Crippen LogP contribution in [0.4, 0.5) is 8.78 Å². The first-order valence-corrected chi connectivity index (χ1v) is 4.36. The average Bonchev–Trinajstić information content (AvgIpc) is 2.02. The zero-order valence-corrected chi connectivity index (χ0v) is 8.31. The number of amides is 1. The number of rotatable bonds is 6. The highest BCUT2D eigenvalue weighted by atomic mass is 19.3. The van der Waals surface area contributed by atoms with Crippen molar-refractivity contribution in [3.05, 3.63) is 0 Å². The van der Waals surface area contributed by atoms with Gasteiger partial charge in [-0.1, -0.05) is 0 Å². The fourth-order valence-electron chi connectivity index (χ4n) is 0.788. The minimum absolute atomic E-state index is 0.0114. The summed E-state index contributed by atoms with van der Waals surface area (Å²) in [5.74, 6) is -3.51. The van der Waals surface area contributed by atoms with Crippen molar-refractivity contribution in [2.24, 2.45) is 0 Å². The molecule has 1 amide bonds. The van der Waals surface area contributed by atoms with Crippen molar-refractivity contribution in [1.82, 2.24) is 10.6 Å². The van der Waals surface area contributed by atoms with Gasteiger partial charge in [0.2, 0.25) is 5.91 Å². The SMILES string of the molecule is CC(C)NC(=O)CNCC(F)(F)CO. The van der Waals surface area contributed by atoms with Crippen molar-refractivity contribution in [2.75, 3.05) is 19.7 Å². The van der Waals surface area contributed by atoms with Crippen molar-refractivity contribution in [2.45, 2.75) is 25.8 Å². The summed E-state index contributed by atoms with van der Waals surface area (Å²) in [5.41, 5.74) is 0. The molecule has 0 aliphatic heterocycles. The minimum Gasteiger partial charge on any atom is -0.390 e. The van der Waals surface area contributed by atoms with Crippen molar-refractivity contribution in [3.63, 3.8) is 0 Å². The third-order valence-corrected chi connectivity index (χ3v) is 1.35. The predicted molar refractivity (Wildman–Crippen MR) is 48.2 cm³/mol. The van der Waals surface area contributed by atoms with Crippen LogP contribution in [0.1, 0.15) is 13.8 Å². The molecule has 0 aromatic carbocycles. The molecule has 0 aliphatic rings. The van der Waals surface area contributed by atoms with Crippen molar-refractivity contribution in [3.8, 4) is 0 Å². The molecule has 0 rings (SSSR count). The number of carbonyl (C=O) groups is 1. The van der Waals surface area contributed by atoms with E-state index in [1.807, 2.05) is 0 Å². The normalized spacial score (nSPS) is 11.9. The first-order valence-electron chi connectivity index (χ1n) is 4.36. The largest absolute Gasteiger partial charge is 0.390 e. The molecule has 0 spiro atoms. The zero-order valence-electron chi connectivity index (χ0n) is 8.31. The Morgan fingerprint density at radius 2 is 2.07 bits per heavy atom. The summed E-state index contributed by atoms with van der Waals surface area (Å²) in [6.45, 7) is 1.47. The van der Waals surface area contributed by atoms with Gasteiger partial charge in [0.25, 0.3) is 5.92 Å². The number of halogens is 2. The molecule has 6 heteroatoms. The lowest BCUT2D eigenvalue weighted by atomic mass is 10.3. The maximum Gasteiger partial charge on any atom is 0.282 e. The van der Waals surface area contributed by atoms with Crippen LogP contribution in [0.15, 0.2) is 0 Å². The van der Waals surface area contributed by atoms with E-state index < -0.39 is 19.1 Å². The maximum atomic E-state index is 12.4. The lowest BCUT2D eigenvalue weighted by molar-refractivity contribution is -0.121. The lowest BCUT2D eigenvalue weighted by Gasteiger charge is -2.14. The third kappa shape index (κ3) is 6.73. The Morgan fingerprint density at radius 3 is 2.50 bits per heavy atom. The Hall–Kier alpha value is -0.750. The number of hydrogen-bond donors (Lipinski definition) is 3. The van der Waals surface area contributed by atoms with E-state index in [0.717, 1.165) is 0 Å². The number of carbonyl (C=O) groups excluding carboxylic acids is 1. The molecule has 0 unspecified atom stereocenters. The summed E-state index contributed by atoms with van der Waals surface area (Å²) in [7, 11) is 0. The molecule has 0 radical (unpaired) electrons. The van der Waals surface area contributed by atoms with Gasteiger partial charge in [-0.2, -0.15) is 0 Å². The van der Waals surface area contributed by atoms with Crippen LogP contribution in [0.3, 0.4) is 0 Å². The summed E-state index contributed by atoms with van der Waals surface area (Å²) >= 11 is 0. The second-order valence-electron chi connectivity index (χ2n) is 3.34. The van der Waals surface area contributed by atoms with Crippen LogP contribution < -0.4 is 10.6 Å². The fourth-order valence-corrected chi connectivity index (χ4v) is 0.788. The van der Waals surface area contributed by atoms with Crippen molar-refractivity contribution in [1.29, 1.82) is 0 Å². The molecule has 0 atom stereocenters. The van der Waals surface area contributed by atoms with Crippen LogP contribution in [-0.4, -0.2) is 42.7 Å². The van der Waals surface area contributed by atoms with E-state index >= 15 is 0 Å². The Morgan fingerprint density at radius 1 is 1.50 bits per heavy atom. The van der Waals surface area contributed by atoms with Gasteiger partial charge < -0.3 is 15.7 Å². The molecule has 0 saturated heterocycles. The van der Waals surface area contributed by atoms with Crippen molar-refractivity contribution >= 4 is 5.91 Å². The van der Waals surface area contributed by atoms with Gasteiger partial charge in [-0.15, -0.1) is 0 Å². The van der Waals surface area contributed by atoms with Gasteiger partial charge in [0, 0.05) is 6.04 Å². The van der Waals surface area contributed by atoms with Gasteiger partial charge in [-0.05, 0) is 13.8 Å². The molecule has 0 aliphatic carbocycles. The zero-order chi connectivity index (χ0) is 11.2. The summed E-state index contributed by atoms with van der Waals surface area (Å²) in [4.78, 5) is 10.9. The van der Waals surface area contributed by atoms with Crippen LogP contribution in [-0.2, 0) is 4.79 Å². The number of alkyl halides is 2. The summed E-state index contributed by atoms with van der Waals surface area (Å²) in [5, 5.41) is 13.0. The molecular weight excluding hydrogens is 194 g/mol. The van der Waals surface area contributed by atoms with Crippen LogP contribution >= 0.6 is 0 Å². The van der Waals surface area contributed by atoms with Gasteiger partial charge in [0.15, 0.2) is 0 Å². The Bertz CT molecular complexity index is 186. The molecule has 0 saturated carbocycles. The second-order valence-corrected chi connectivity index (χ2v) is 3.34. The van der Waals surface area contributed by atoms with Gasteiger partial charge in [0.1, 0.15) is 6.61 Å². The van der Waals surface area contributed by atoms with E-state index in [4.69, 9.17) is 5.11 Å². The van der Waals surface area contributed by atoms with E-state index in [2.05, 4.69) is 10.6 Å². The van der Waals surface area contributed by atoms with Gasteiger partial charge in [-0.25, -0.2) is 8.78 Å². The Kier molecular flexibility index (Phi) is 5.56. The average molecular weight is 210 g/mol. The predicted octanol–water partition coefficient (Wildman–Crippen LogP) is -0.272. The standard InChI is InChI=1S/C8H16F2N2O2/c1-6(2)12-7(14)3-11-4-8(9,10)5-13/h6,11,13H,3-5H2,1-2H3,(H,12,14). The van der Waals surface area contributed by atoms with E-state index in [9.17, 15) is 13.6 Å². The highest BCUT2D eigenvalue weighted by Crippen LogP contribution is 2.09. The van der Waals surface area contributed by atoms with Crippen LogP contribution in [0, 0.1) is 0 Å². The number of aliphatic hydroxyl groups is 1. The van der Waals surface area contributed by atoms with E-state index in [0.29, 0.717) is 0 Å². The molecule has 84 valence electrons. The van der Waals surface area contributed by atoms with E-state index in [1.165, 1.54) is 0 Å². The van der Waals surface area contributed by atoms with Crippen LogP contribution in [0.5, 0.6) is 0 Å². The molecule has 0 heterocycles. The molecule has 0 aromatic heterocycles. The molecule has 14 heavy (non-hydrogen) atoms. The third-order valence-electron chi connectivity index (χ3n) is 1.35. The minimum atomic E-state index is -3.17. The summed E-state index contributed by atoms with van der Waals surface area (Å²) < 4.78 is 24.8. The highest BCUT2D eigenvalue weighted by Gasteiger charge is 2.27. The lowest BCUT2D eigenvalue weighted by Crippen LogP contribution is -2.42. The van der Waals surface area contributed by atoms with Gasteiger partial charge in [-0.3, -0.25) is 4.79 Å². The summed E-state index contributed by atoms with van der Waals surface area (Å²) in [6, 6.07) is -0.0114. The second kappa shape index (κ2) is 5.87. The van der Waals surface area contributed by atoms with E-state index in [-0.39, 0.29) is 18.5 Å². The van der Waals surface area contributed by atoms with Gasteiger partial charge >= 0.3 is 0 Å². The molecule has 0 bridgehead atoms.